The van der Waals surface area contributed by atoms with Gasteiger partial charge in [0.15, 0.2) is 0 Å². The van der Waals surface area contributed by atoms with Crippen molar-refractivity contribution in [3.05, 3.63) is 0 Å². The van der Waals surface area contributed by atoms with Crippen molar-refractivity contribution in [2.75, 3.05) is 46.4 Å². The first-order valence-electron chi connectivity index (χ1n) is 8.42. The van der Waals surface area contributed by atoms with Gasteiger partial charge in [-0.15, -0.1) is 0 Å². The summed E-state index contributed by atoms with van der Waals surface area (Å²) in [5.41, 5.74) is 0. The molecular formula is C16H31N3O2. The van der Waals surface area contributed by atoms with Crippen LogP contribution in [0.2, 0.25) is 0 Å². The number of rotatable bonds is 2. The molecule has 1 saturated carbocycles. The molecule has 0 aromatic carbocycles. The fourth-order valence-corrected chi connectivity index (χ4v) is 3.64. The summed E-state index contributed by atoms with van der Waals surface area (Å²) >= 11 is 0. The van der Waals surface area contributed by atoms with Crippen LogP contribution in [0.3, 0.4) is 0 Å². The van der Waals surface area contributed by atoms with Gasteiger partial charge in [0, 0.05) is 52.4 Å². The molecule has 2 saturated heterocycles. The van der Waals surface area contributed by atoms with E-state index >= 15 is 0 Å². The largest absolute Gasteiger partial charge is 0.400 e. The second-order valence-electron chi connectivity index (χ2n) is 6.63. The van der Waals surface area contributed by atoms with Crippen LogP contribution in [0.1, 0.15) is 32.6 Å². The zero-order valence-electron chi connectivity index (χ0n) is 13.6. The third-order valence-electron chi connectivity index (χ3n) is 5.26. The van der Waals surface area contributed by atoms with Crippen molar-refractivity contribution in [2.45, 2.75) is 38.6 Å². The van der Waals surface area contributed by atoms with E-state index in [-0.39, 0.29) is 5.92 Å². The molecule has 0 unspecified atom stereocenters. The molecule has 0 aromatic heterocycles. The molecule has 3 rings (SSSR count). The first-order chi connectivity index (χ1) is 10.2. The lowest BCUT2D eigenvalue weighted by Crippen LogP contribution is -2.57. The summed E-state index contributed by atoms with van der Waals surface area (Å²) in [6.07, 6.45) is 5.50. The molecular weight excluding hydrogens is 266 g/mol. The normalized spacial score (nSPS) is 31.1. The van der Waals surface area contributed by atoms with Gasteiger partial charge in [-0.1, -0.05) is 6.92 Å². The molecule has 2 N–H and O–H groups in total. The van der Waals surface area contributed by atoms with Crippen molar-refractivity contribution in [1.29, 1.82) is 0 Å². The molecule has 3 aliphatic rings. The summed E-state index contributed by atoms with van der Waals surface area (Å²) in [4.78, 5) is 16.9. The first-order valence-corrected chi connectivity index (χ1v) is 8.42. The summed E-state index contributed by atoms with van der Waals surface area (Å²) in [7, 11) is 1.00. The second kappa shape index (κ2) is 8.11. The minimum atomic E-state index is 0.266. The molecule has 2 aliphatic heterocycles. The topological polar surface area (TPSA) is 55.8 Å². The maximum Gasteiger partial charge on any atom is 0.228 e. The van der Waals surface area contributed by atoms with Crippen LogP contribution in [-0.4, -0.2) is 73.2 Å². The Bertz CT molecular complexity index is 317. The maximum atomic E-state index is 12.2. The maximum absolute atomic E-state index is 12.2. The van der Waals surface area contributed by atoms with Crippen molar-refractivity contribution in [3.63, 3.8) is 0 Å². The number of hydrogen-bond donors (Lipinski definition) is 2. The lowest BCUT2D eigenvalue weighted by Gasteiger charge is -2.43. The average Bonchev–Trinajstić information content (AvgIpc) is 2.48. The Balaban J connectivity index is 0.000000774. The van der Waals surface area contributed by atoms with Crippen LogP contribution in [0.4, 0.5) is 0 Å². The molecule has 122 valence electrons. The number of carbonyl (C=O) groups excluding carboxylic acids is 1. The lowest BCUT2D eigenvalue weighted by molar-refractivity contribution is -0.139. The Morgan fingerprint density at radius 3 is 2.05 bits per heavy atom. The summed E-state index contributed by atoms with van der Waals surface area (Å²) in [6.45, 7) is 8.22. The van der Waals surface area contributed by atoms with Crippen molar-refractivity contribution < 1.29 is 9.90 Å². The molecule has 1 aliphatic carbocycles. The predicted octanol–water partition coefficient (Wildman–Crippen LogP) is 0.537. The number of nitrogens with one attached hydrogen (secondary N) is 1. The quantitative estimate of drug-likeness (QED) is 0.781. The van der Waals surface area contributed by atoms with Crippen molar-refractivity contribution in [2.24, 2.45) is 11.8 Å². The first kappa shape index (κ1) is 16.7. The predicted molar refractivity (Wildman–Crippen MR) is 84.1 cm³/mol. The van der Waals surface area contributed by atoms with Crippen LogP contribution in [0.5, 0.6) is 0 Å². The van der Waals surface area contributed by atoms with Gasteiger partial charge in [-0.25, -0.2) is 0 Å². The van der Waals surface area contributed by atoms with E-state index in [1.165, 1.54) is 25.7 Å². The molecule has 0 aromatic rings. The van der Waals surface area contributed by atoms with Crippen molar-refractivity contribution in [3.8, 4) is 0 Å². The van der Waals surface area contributed by atoms with Gasteiger partial charge >= 0.3 is 0 Å². The van der Waals surface area contributed by atoms with E-state index in [9.17, 15) is 4.79 Å². The van der Waals surface area contributed by atoms with Crippen LogP contribution in [-0.2, 0) is 4.79 Å². The smallest absolute Gasteiger partial charge is 0.228 e. The Morgan fingerprint density at radius 1 is 1.00 bits per heavy atom. The van der Waals surface area contributed by atoms with Crippen LogP contribution in [0.25, 0.3) is 0 Å². The fraction of sp³-hybridized carbons (Fsp3) is 0.938. The number of piperazine rings is 1. The number of nitrogens with zero attached hydrogens (tertiary/aromatic N) is 2. The van der Waals surface area contributed by atoms with Gasteiger partial charge in [-0.05, 0) is 31.6 Å². The Labute approximate surface area is 128 Å². The molecule has 3 fully saturated rings. The number of amides is 1. The van der Waals surface area contributed by atoms with Crippen LogP contribution in [0.15, 0.2) is 0 Å². The van der Waals surface area contributed by atoms with E-state index in [0.717, 1.165) is 58.3 Å². The van der Waals surface area contributed by atoms with E-state index in [4.69, 9.17) is 5.11 Å². The zero-order valence-corrected chi connectivity index (χ0v) is 13.6. The summed E-state index contributed by atoms with van der Waals surface area (Å²) in [6, 6.07) is 0.791. The van der Waals surface area contributed by atoms with Gasteiger partial charge in [0.2, 0.25) is 5.91 Å². The highest BCUT2D eigenvalue weighted by Crippen LogP contribution is 2.27. The van der Waals surface area contributed by atoms with Gasteiger partial charge in [-0.2, -0.15) is 0 Å². The molecule has 21 heavy (non-hydrogen) atoms. The van der Waals surface area contributed by atoms with E-state index < -0.39 is 0 Å². The van der Waals surface area contributed by atoms with E-state index in [1.54, 1.807) is 0 Å². The Morgan fingerprint density at radius 2 is 1.57 bits per heavy atom. The molecule has 0 spiro atoms. The number of hydrogen-bond acceptors (Lipinski definition) is 4. The van der Waals surface area contributed by atoms with Gasteiger partial charge in [0.1, 0.15) is 0 Å². The average molecular weight is 297 g/mol. The van der Waals surface area contributed by atoms with Crippen LogP contribution >= 0.6 is 0 Å². The third kappa shape index (κ3) is 4.18. The minimum Gasteiger partial charge on any atom is -0.400 e. The zero-order chi connectivity index (χ0) is 15.2. The van der Waals surface area contributed by atoms with Gasteiger partial charge in [0.25, 0.3) is 0 Å². The number of carbonyl (C=O) groups is 1. The SMILES string of the molecule is CC1CCC(N2CCN(C(=O)C3CNC3)CC2)CC1.CO. The molecule has 5 nitrogen and oxygen atoms in total. The Kier molecular flexibility index (Phi) is 6.45. The van der Waals surface area contributed by atoms with Gasteiger partial charge in [-0.3, -0.25) is 9.69 Å². The fourth-order valence-electron chi connectivity index (χ4n) is 3.64. The molecule has 5 heteroatoms. The van der Waals surface area contributed by atoms with Crippen molar-refractivity contribution >= 4 is 5.91 Å². The molecule has 0 atom stereocenters. The molecule has 2 heterocycles. The highest BCUT2D eigenvalue weighted by Gasteiger charge is 2.33. The molecule has 1 amide bonds. The van der Waals surface area contributed by atoms with Crippen molar-refractivity contribution in [1.82, 2.24) is 15.1 Å². The Hall–Kier alpha value is -0.650. The standard InChI is InChI=1S/C15H27N3O.CH4O/c1-12-2-4-14(5-3-12)17-6-8-18(9-7-17)15(19)13-10-16-11-13;1-2/h12-14,16H,2-11H2,1H3;2H,1H3. The highest BCUT2D eigenvalue weighted by molar-refractivity contribution is 5.80. The van der Waals surface area contributed by atoms with Gasteiger partial charge in [0.05, 0.1) is 5.92 Å². The highest BCUT2D eigenvalue weighted by atomic mass is 16.2. The third-order valence-corrected chi connectivity index (χ3v) is 5.26. The van der Waals surface area contributed by atoms with Gasteiger partial charge < -0.3 is 15.3 Å². The van der Waals surface area contributed by atoms with E-state index in [1.807, 2.05) is 0 Å². The number of aliphatic hydroxyl groups is 1. The summed E-state index contributed by atoms with van der Waals surface area (Å²) in [5.74, 6) is 1.57. The number of aliphatic hydroxyl groups excluding tert-OH is 1. The van der Waals surface area contributed by atoms with E-state index in [2.05, 4.69) is 22.0 Å². The summed E-state index contributed by atoms with van der Waals surface area (Å²) in [5, 5.41) is 10.2. The summed E-state index contributed by atoms with van der Waals surface area (Å²) < 4.78 is 0. The van der Waals surface area contributed by atoms with E-state index in [0.29, 0.717) is 5.91 Å². The van der Waals surface area contributed by atoms with Crippen LogP contribution in [0, 0.1) is 11.8 Å². The second-order valence-corrected chi connectivity index (χ2v) is 6.63. The monoisotopic (exact) mass is 297 g/mol. The molecule has 0 bridgehead atoms. The molecule has 0 radical (unpaired) electrons. The minimum absolute atomic E-state index is 0.266. The van der Waals surface area contributed by atoms with Crippen LogP contribution < -0.4 is 5.32 Å². The lowest BCUT2D eigenvalue weighted by atomic mass is 9.86.